The lowest BCUT2D eigenvalue weighted by Crippen LogP contribution is -2.16. The van der Waals surface area contributed by atoms with Crippen LogP contribution in [0.4, 0.5) is 5.69 Å². The first kappa shape index (κ1) is 15.7. The first-order valence-corrected chi connectivity index (χ1v) is 6.93. The largest absolute Gasteiger partial charge is 0.479 e. The number of carboxylic acids is 1. The Kier molecular flexibility index (Phi) is 4.91. The van der Waals surface area contributed by atoms with E-state index in [1.165, 1.54) is 6.07 Å². The van der Waals surface area contributed by atoms with Crippen molar-refractivity contribution < 1.29 is 19.8 Å². The second-order valence-electron chi connectivity index (χ2n) is 4.81. The van der Waals surface area contributed by atoms with Gasteiger partial charge < -0.3 is 15.5 Å². The van der Waals surface area contributed by atoms with Crippen LogP contribution in [0.25, 0.3) is 11.1 Å². The number of carboxylic acid groups (broad SMARTS) is 1. The van der Waals surface area contributed by atoms with Crippen LogP contribution < -0.4 is 5.32 Å². The number of carbonyl (C=O) groups excluding carboxylic acids is 1. The Morgan fingerprint density at radius 3 is 2.36 bits per heavy atom. The van der Waals surface area contributed by atoms with Crippen LogP contribution in [-0.2, 0) is 9.59 Å². The van der Waals surface area contributed by atoms with Crippen molar-refractivity contribution in [3.05, 3.63) is 54.1 Å². The maximum absolute atomic E-state index is 11.6. The zero-order chi connectivity index (χ0) is 16.1. The summed E-state index contributed by atoms with van der Waals surface area (Å²) in [7, 11) is 0. The van der Waals surface area contributed by atoms with Gasteiger partial charge in [-0.05, 0) is 17.2 Å². The molecule has 1 unspecified atom stereocenters. The van der Waals surface area contributed by atoms with Gasteiger partial charge in [0, 0.05) is 17.7 Å². The predicted molar refractivity (Wildman–Crippen MR) is 83.4 cm³/mol. The first-order valence-electron chi connectivity index (χ1n) is 6.93. The van der Waals surface area contributed by atoms with Gasteiger partial charge in [0.1, 0.15) is 0 Å². The molecule has 0 saturated heterocycles. The Morgan fingerprint density at radius 1 is 1.09 bits per heavy atom. The highest BCUT2D eigenvalue weighted by Gasteiger charge is 2.20. The summed E-state index contributed by atoms with van der Waals surface area (Å²) in [6.07, 6.45) is -1.42. The van der Waals surface area contributed by atoms with Crippen LogP contribution in [0.2, 0.25) is 0 Å². The van der Waals surface area contributed by atoms with Gasteiger partial charge >= 0.3 is 5.97 Å². The van der Waals surface area contributed by atoms with Gasteiger partial charge in [0.2, 0.25) is 5.91 Å². The molecule has 1 amide bonds. The minimum atomic E-state index is -1.68. The monoisotopic (exact) mass is 299 g/mol. The molecule has 0 aliphatic rings. The number of rotatable bonds is 5. The van der Waals surface area contributed by atoms with Crippen molar-refractivity contribution in [3.8, 4) is 11.1 Å². The van der Waals surface area contributed by atoms with E-state index in [2.05, 4.69) is 5.32 Å². The van der Waals surface area contributed by atoms with Crippen LogP contribution in [0, 0.1) is 0 Å². The summed E-state index contributed by atoms with van der Waals surface area (Å²) in [5.74, 6) is -1.61. The highest BCUT2D eigenvalue weighted by Crippen LogP contribution is 2.29. The highest BCUT2D eigenvalue weighted by atomic mass is 16.4. The second-order valence-corrected chi connectivity index (χ2v) is 4.81. The van der Waals surface area contributed by atoms with Gasteiger partial charge in [0.05, 0.1) is 0 Å². The summed E-state index contributed by atoms with van der Waals surface area (Å²) in [4.78, 5) is 22.6. The molecule has 0 aliphatic carbocycles. The Bertz CT molecular complexity index is 682. The third-order valence-corrected chi connectivity index (χ3v) is 3.28. The van der Waals surface area contributed by atoms with Crippen LogP contribution in [0.5, 0.6) is 0 Å². The van der Waals surface area contributed by atoms with Gasteiger partial charge in [-0.2, -0.15) is 0 Å². The molecule has 0 heterocycles. The molecule has 0 saturated carbocycles. The van der Waals surface area contributed by atoms with E-state index in [0.717, 1.165) is 11.1 Å². The van der Waals surface area contributed by atoms with Crippen molar-refractivity contribution in [2.75, 3.05) is 5.32 Å². The average molecular weight is 299 g/mol. The molecule has 0 aliphatic heterocycles. The molecule has 0 bridgehead atoms. The summed E-state index contributed by atoms with van der Waals surface area (Å²) < 4.78 is 0. The smallest absolute Gasteiger partial charge is 0.337 e. The Morgan fingerprint density at radius 2 is 1.77 bits per heavy atom. The van der Waals surface area contributed by atoms with Crippen molar-refractivity contribution in [2.24, 2.45) is 0 Å². The van der Waals surface area contributed by atoms with Gasteiger partial charge in [-0.1, -0.05) is 49.4 Å². The minimum Gasteiger partial charge on any atom is -0.479 e. The third kappa shape index (κ3) is 3.51. The molecule has 0 fully saturated rings. The maximum Gasteiger partial charge on any atom is 0.337 e. The van der Waals surface area contributed by atoms with Crippen molar-refractivity contribution in [3.63, 3.8) is 0 Å². The van der Waals surface area contributed by atoms with Crippen LogP contribution in [-0.4, -0.2) is 22.1 Å². The van der Waals surface area contributed by atoms with Crippen LogP contribution >= 0.6 is 0 Å². The lowest BCUT2D eigenvalue weighted by atomic mass is 9.99. The Labute approximate surface area is 128 Å². The quantitative estimate of drug-likeness (QED) is 0.792. The molecule has 1 atom stereocenters. The van der Waals surface area contributed by atoms with Crippen molar-refractivity contribution >= 4 is 17.6 Å². The molecule has 5 heteroatoms. The average Bonchev–Trinajstić information content (AvgIpc) is 2.54. The van der Waals surface area contributed by atoms with Gasteiger partial charge in [-0.25, -0.2) is 4.79 Å². The summed E-state index contributed by atoms with van der Waals surface area (Å²) in [6, 6.07) is 14.4. The Hall–Kier alpha value is -2.66. The molecule has 2 rings (SSSR count). The van der Waals surface area contributed by atoms with E-state index in [-0.39, 0.29) is 17.9 Å². The van der Waals surface area contributed by atoms with Gasteiger partial charge in [0.15, 0.2) is 6.10 Å². The highest BCUT2D eigenvalue weighted by molar-refractivity contribution is 5.93. The van der Waals surface area contributed by atoms with E-state index in [1.54, 1.807) is 19.1 Å². The van der Waals surface area contributed by atoms with E-state index in [4.69, 9.17) is 5.11 Å². The van der Waals surface area contributed by atoms with Crippen molar-refractivity contribution in [1.82, 2.24) is 0 Å². The summed E-state index contributed by atoms with van der Waals surface area (Å²) in [5.41, 5.74) is 2.23. The fraction of sp³-hybridized carbons (Fsp3) is 0.176. The first-order chi connectivity index (χ1) is 10.5. The molecular weight excluding hydrogens is 282 g/mol. The number of carbonyl (C=O) groups is 2. The van der Waals surface area contributed by atoms with Gasteiger partial charge in [-0.3, -0.25) is 4.79 Å². The molecule has 22 heavy (non-hydrogen) atoms. The zero-order valence-corrected chi connectivity index (χ0v) is 12.1. The number of nitrogens with one attached hydrogen (secondary N) is 1. The molecule has 2 aromatic carbocycles. The Balaban J connectivity index is 2.47. The topological polar surface area (TPSA) is 86.6 Å². The third-order valence-electron chi connectivity index (χ3n) is 3.28. The molecular formula is C17H17NO4. The molecule has 3 N–H and O–H groups in total. The van der Waals surface area contributed by atoms with E-state index in [0.29, 0.717) is 5.69 Å². The number of anilines is 1. The maximum atomic E-state index is 11.6. The molecule has 114 valence electrons. The fourth-order valence-corrected chi connectivity index (χ4v) is 2.08. The van der Waals surface area contributed by atoms with Crippen molar-refractivity contribution in [2.45, 2.75) is 19.4 Å². The standard InChI is InChI=1S/C17H17NO4/c1-2-15(19)18-14-10-12(11-6-4-3-5-7-11)8-9-13(14)16(20)17(21)22/h3-10,16,20H,2H2,1H3,(H,18,19)(H,21,22). The number of amides is 1. The summed E-state index contributed by atoms with van der Waals surface area (Å²) >= 11 is 0. The van der Waals surface area contributed by atoms with Crippen LogP contribution in [0.3, 0.4) is 0 Å². The SMILES string of the molecule is CCC(=O)Nc1cc(-c2ccccc2)ccc1C(O)C(=O)O. The number of aliphatic hydroxyl groups is 1. The predicted octanol–water partition coefficient (Wildman–Crippen LogP) is 2.82. The molecule has 5 nitrogen and oxygen atoms in total. The number of benzene rings is 2. The second kappa shape index (κ2) is 6.87. The fourth-order valence-electron chi connectivity index (χ4n) is 2.08. The van der Waals surface area contributed by atoms with E-state index in [9.17, 15) is 14.7 Å². The lowest BCUT2D eigenvalue weighted by Gasteiger charge is -2.15. The van der Waals surface area contributed by atoms with E-state index < -0.39 is 12.1 Å². The normalized spacial score (nSPS) is 11.7. The number of hydrogen-bond acceptors (Lipinski definition) is 3. The summed E-state index contributed by atoms with van der Waals surface area (Å²) in [5, 5.41) is 21.4. The lowest BCUT2D eigenvalue weighted by molar-refractivity contribution is -0.146. The number of aliphatic hydroxyl groups excluding tert-OH is 1. The van der Waals surface area contributed by atoms with Gasteiger partial charge in [-0.15, -0.1) is 0 Å². The minimum absolute atomic E-state index is 0.161. The van der Waals surface area contributed by atoms with E-state index >= 15 is 0 Å². The molecule has 2 aromatic rings. The summed E-state index contributed by atoms with van der Waals surface area (Å²) in [6.45, 7) is 1.70. The van der Waals surface area contributed by atoms with Crippen molar-refractivity contribution in [1.29, 1.82) is 0 Å². The van der Waals surface area contributed by atoms with E-state index in [1.807, 2.05) is 30.3 Å². The number of aliphatic carboxylic acids is 1. The zero-order valence-electron chi connectivity index (χ0n) is 12.1. The number of hydrogen-bond donors (Lipinski definition) is 3. The van der Waals surface area contributed by atoms with Crippen LogP contribution in [0.1, 0.15) is 25.0 Å². The molecule has 0 aromatic heterocycles. The van der Waals surface area contributed by atoms with Gasteiger partial charge in [0.25, 0.3) is 0 Å². The molecule has 0 radical (unpaired) electrons. The van der Waals surface area contributed by atoms with Crippen LogP contribution in [0.15, 0.2) is 48.5 Å². The molecule has 0 spiro atoms.